The van der Waals surface area contributed by atoms with Crippen LogP contribution in [0.1, 0.15) is 16.1 Å². The van der Waals surface area contributed by atoms with Gasteiger partial charge in [0.2, 0.25) is 5.91 Å². The zero-order valence-electron chi connectivity index (χ0n) is 17.1. The molecule has 0 saturated heterocycles. The van der Waals surface area contributed by atoms with Gasteiger partial charge in [-0.25, -0.2) is 4.98 Å². The monoisotopic (exact) mass is 439 g/mol. The van der Waals surface area contributed by atoms with E-state index in [-0.39, 0.29) is 30.6 Å². The van der Waals surface area contributed by atoms with Gasteiger partial charge in [0.05, 0.1) is 19.7 Å². The van der Waals surface area contributed by atoms with Crippen molar-refractivity contribution >= 4 is 40.4 Å². The number of fused-ring (bicyclic) bond motifs is 1. The fourth-order valence-electron chi connectivity index (χ4n) is 2.83. The Morgan fingerprint density at radius 2 is 1.65 bits per heavy atom. The van der Waals surface area contributed by atoms with Gasteiger partial charge in [0.1, 0.15) is 5.69 Å². The molecule has 3 rings (SSSR count). The van der Waals surface area contributed by atoms with Crippen molar-refractivity contribution in [3.8, 4) is 11.5 Å². The zero-order chi connectivity index (χ0) is 22.2. The normalized spacial score (nSPS) is 10.8. The predicted octanol–water partition coefficient (Wildman–Crippen LogP) is 3.46. The summed E-state index contributed by atoms with van der Waals surface area (Å²) in [4.78, 5) is 28.7. The van der Waals surface area contributed by atoms with Crippen molar-refractivity contribution in [2.45, 2.75) is 0 Å². The highest BCUT2D eigenvalue weighted by molar-refractivity contribution is 6.30. The van der Waals surface area contributed by atoms with E-state index < -0.39 is 0 Å². The Morgan fingerprint density at radius 3 is 2.35 bits per heavy atom. The molecular formula is C23H22ClN3O4. The Labute approximate surface area is 185 Å². The Balaban J connectivity index is 1.51. The molecule has 8 heteroatoms. The van der Waals surface area contributed by atoms with Crippen molar-refractivity contribution in [1.82, 2.24) is 15.6 Å². The second-order valence-corrected chi connectivity index (χ2v) is 6.96. The van der Waals surface area contributed by atoms with Gasteiger partial charge in [0, 0.05) is 35.6 Å². The molecule has 0 atom stereocenters. The quantitative estimate of drug-likeness (QED) is 0.414. The first-order valence-corrected chi connectivity index (χ1v) is 9.90. The van der Waals surface area contributed by atoms with E-state index in [9.17, 15) is 9.59 Å². The van der Waals surface area contributed by atoms with Gasteiger partial charge in [0.15, 0.2) is 11.5 Å². The van der Waals surface area contributed by atoms with E-state index in [1.807, 2.05) is 12.1 Å². The van der Waals surface area contributed by atoms with Gasteiger partial charge in [-0.15, -0.1) is 0 Å². The van der Waals surface area contributed by atoms with E-state index in [0.717, 1.165) is 10.9 Å². The van der Waals surface area contributed by atoms with E-state index in [4.69, 9.17) is 21.1 Å². The molecule has 31 heavy (non-hydrogen) atoms. The number of hydrogen-bond donors (Lipinski definition) is 2. The first-order valence-electron chi connectivity index (χ1n) is 9.52. The van der Waals surface area contributed by atoms with Crippen LogP contribution in [0, 0.1) is 0 Å². The van der Waals surface area contributed by atoms with Gasteiger partial charge in [0.25, 0.3) is 5.91 Å². The van der Waals surface area contributed by atoms with Gasteiger partial charge in [-0.3, -0.25) is 9.59 Å². The Morgan fingerprint density at radius 1 is 0.968 bits per heavy atom. The fraction of sp³-hybridized carbons (Fsp3) is 0.174. The summed E-state index contributed by atoms with van der Waals surface area (Å²) in [7, 11) is 3.10. The number of carbonyl (C=O) groups is 2. The smallest absolute Gasteiger partial charge is 0.269 e. The minimum atomic E-state index is -0.331. The molecule has 0 bridgehead atoms. The second-order valence-electron chi connectivity index (χ2n) is 6.53. The molecule has 0 spiro atoms. The van der Waals surface area contributed by atoms with Gasteiger partial charge < -0.3 is 20.1 Å². The summed E-state index contributed by atoms with van der Waals surface area (Å²) in [5.74, 6) is 0.543. The molecule has 0 aliphatic heterocycles. The minimum absolute atomic E-state index is 0.255. The number of nitrogens with one attached hydrogen (secondary N) is 2. The largest absolute Gasteiger partial charge is 0.493 e. The number of carbonyl (C=O) groups excluding carboxylic acids is 2. The molecule has 0 unspecified atom stereocenters. The summed E-state index contributed by atoms with van der Waals surface area (Å²) in [5, 5.41) is 6.91. The van der Waals surface area contributed by atoms with Crippen LogP contribution < -0.4 is 20.1 Å². The molecule has 1 aromatic heterocycles. The fourth-order valence-corrected chi connectivity index (χ4v) is 2.96. The number of nitrogens with zero attached hydrogens (tertiary/aromatic N) is 1. The second kappa shape index (κ2) is 10.4. The highest BCUT2D eigenvalue weighted by Gasteiger charge is 2.11. The lowest BCUT2D eigenvalue weighted by Gasteiger charge is -2.10. The summed E-state index contributed by atoms with van der Waals surface area (Å²) in [6.45, 7) is 0.555. The summed E-state index contributed by atoms with van der Waals surface area (Å²) in [6, 6.07) is 14.1. The molecule has 2 aromatic carbocycles. The summed E-state index contributed by atoms with van der Waals surface area (Å²) >= 11 is 5.83. The number of aromatic nitrogens is 1. The highest BCUT2D eigenvalue weighted by atomic mass is 35.5. The number of methoxy groups -OCH3 is 2. The van der Waals surface area contributed by atoms with Crippen LogP contribution >= 0.6 is 11.6 Å². The maximum atomic E-state index is 12.4. The molecule has 7 nitrogen and oxygen atoms in total. The van der Waals surface area contributed by atoms with E-state index in [1.54, 1.807) is 56.7 Å². The SMILES string of the molecule is COc1cc2ccc(C(=O)NCCNC(=O)/C=C/c3ccc(Cl)cc3)nc2cc1OC. The van der Waals surface area contributed by atoms with Crippen molar-refractivity contribution in [3.05, 3.63) is 70.9 Å². The summed E-state index contributed by atoms with van der Waals surface area (Å²) < 4.78 is 10.6. The number of hydrogen-bond acceptors (Lipinski definition) is 5. The topological polar surface area (TPSA) is 89.6 Å². The summed E-state index contributed by atoms with van der Waals surface area (Å²) in [6.07, 6.45) is 3.12. The predicted molar refractivity (Wildman–Crippen MR) is 121 cm³/mol. The van der Waals surface area contributed by atoms with Crippen LogP contribution in [0.25, 0.3) is 17.0 Å². The lowest BCUT2D eigenvalue weighted by molar-refractivity contribution is -0.116. The van der Waals surface area contributed by atoms with Crippen LogP contribution in [0.15, 0.2) is 54.6 Å². The van der Waals surface area contributed by atoms with Crippen LogP contribution in [0.2, 0.25) is 5.02 Å². The third kappa shape index (κ3) is 5.96. The molecular weight excluding hydrogens is 418 g/mol. The average Bonchev–Trinajstić information content (AvgIpc) is 2.79. The maximum absolute atomic E-state index is 12.4. The lowest BCUT2D eigenvalue weighted by atomic mass is 10.1. The molecule has 2 N–H and O–H groups in total. The van der Waals surface area contributed by atoms with Gasteiger partial charge in [-0.2, -0.15) is 0 Å². The molecule has 0 aliphatic carbocycles. The zero-order valence-corrected chi connectivity index (χ0v) is 17.9. The Hall–Kier alpha value is -3.58. The lowest BCUT2D eigenvalue weighted by Crippen LogP contribution is -2.34. The number of ether oxygens (including phenoxy) is 2. The van der Waals surface area contributed by atoms with Crippen LogP contribution in [-0.4, -0.2) is 44.1 Å². The van der Waals surface area contributed by atoms with Crippen molar-refractivity contribution in [3.63, 3.8) is 0 Å². The van der Waals surface area contributed by atoms with Gasteiger partial charge >= 0.3 is 0 Å². The maximum Gasteiger partial charge on any atom is 0.269 e. The number of halogens is 1. The van der Waals surface area contributed by atoms with Crippen molar-refractivity contribution in [1.29, 1.82) is 0 Å². The molecule has 160 valence electrons. The van der Waals surface area contributed by atoms with E-state index >= 15 is 0 Å². The molecule has 0 aliphatic rings. The van der Waals surface area contributed by atoms with E-state index in [1.165, 1.54) is 6.08 Å². The third-order valence-corrected chi connectivity index (χ3v) is 4.69. The highest BCUT2D eigenvalue weighted by Crippen LogP contribution is 2.31. The molecule has 0 fully saturated rings. The number of benzene rings is 2. The minimum Gasteiger partial charge on any atom is -0.493 e. The third-order valence-electron chi connectivity index (χ3n) is 4.43. The van der Waals surface area contributed by atoms with Crippen LogP contribution in [0.3, 0.4) is 0 Å². The van der Waals surface area contributed by atoms with Crippen molar-refractivity contribution in [2.24, 2.45) is 0 Å². The Kier molecular flexibility index (Phi) is 7.45. The van der Waals surface area contributed by atoms with E-state index in [2.05, 4.69) is 15.6 Å². The van der Waals surface area contributed by atoms with Gasteiger partial charge in [-0.1, -0.05) is 29.8 Å². The standard InChI is InChI=1S/C23H22ClN3O4/c1-30-20-13-16-6-9-18(27-19(16)14-21(20)31-2)23(29)26-12-11-25-22(28)10-5-15-3-7-17(24)8-4-15/h3-10,13-14H,11-12H2,1-2H3,(H,25,28)(H,26,29)/b10-5+. The molecule has 1 heterocycles. The number of amides is 2. The van der Waals surface area contributed by atoms with Crippen LogP contribution in [-0.2, 0) is 4.79 Å². The van der Waals surface area contributed by atoms with Crippen LogP contribution in [0.5, 0.6) is 11.5 Å². The van der Waals surface area contributed by atoms with Crippen molar-refractivity contribution < 1.29 is 19.1 Å². The number of rotatable bonds is 8. The first-order chi connectivity index (χ1) is 15.0. The average molecular weight is 440 g/mol. The van der Waals surface area contributed by atoms with Crippen molar-refractivity contribution in [2.75, 3.05) is 27.3 Å². The molecule has 2 amide bonds. The molecule has 0 saturated carbocycles. The number of pyridine rings is 1. The van der Waals surface area contributed by atoms with Crippen LogP contribution in [0.4, 0.5) is 0 Å². The molecule has 0 radical (unpaired) electrons. The molecule has 3 aromatic rings. The van der Waals surface area contributed by atoms with Gasteiger partial charge in [-0.05, 0) is 35.9 Å². The first kappa shape index (κ1) is 22.1. The van der Waals surface area contributed by atoms with E-state index in [0.29, 0.717) is 22.0 Å². The summed E-state index contributed by atoms with van der Waals surface area (Å²) in [5.41, 5.74) is 1.75. The Bertz CT molecular complexity index is 1110.